The average molecular weight is 341 g/mol. The van der Waals surface area contributed by atoms with Crippen molar-refractivity contribution in [1.82, 2.24) is 21.3 Å². The van der Waals surface area contributed by atoms with Crippen molar-refractivity contribution < 1.29 is 14.3 Å². The number of nitrogens with zero attached hydrogens (tertiary/aromatic N) is 1. The first-order valence-corrected chi connectivity index (χ1v) is 8.51. The van der Waals surface area contributed by atoms with E-state index < -0.39 is 11.7 Å². The number of ether oxygens (including phenoxy) is 1. The number of hydrogen-bond acceptors (Lipinski definition) is 4. The van der Waals surface area contributed by atoms with Crippen molar-refractivity contribution in [2.75, 3.05) is 26.7 Å². The molecule has 4 N–H and O–H groups in total. The van der Waals surface area contributed by atoms with E-state index in [4.69, 9.17) is 4.74 Å². The Balaban J connectivity index is 2.03. The van der Waals surface area contributed by atoms with Crippen molar-refractivity contribution in [2.45, 2.75) is 58.1 Å². The van der Waals surface area contributed by atoms with E-state index in [-0.39, 0.29) is 5.91 Å². The van der Waals surface area contributed by atoms with Gasteiger partial charge in [0.25, 0.3) is 0 Å². The highest BCUT2D eigenvalue weighted by atomic mass is 16.6. The molecule has 0 aliphatic heterocycles. The molecule has 0 aromatic carbocycles. The smallest absolute Gasteiger partial charge is 0.407 e. The summed E-state index contributed by atoms with van der Waals surface area (Å²) in [5.74, 6) is 0.757. The first-order valence-electron chi connectivity index (χ1n) is 8.51. The van der Waals surface area contributed by atoms with E-state index in [1.165, 1.54) is 0 Å². The third-order valence-electron chi connectivity index (χ3n) is 3.12. The molecule has 0 unspecified atom stereocenters. The van der Waals surface area contributed by atoms with Gasteiger partial charge in [0.15, 0.2) is 5.96 Å². The molecule has 0 atom stereocenters. The SMILES string of the molecule is CN=C(NCCCC(=O)NC1CC1)NCCNC(=O)OC(C)(C)C. The largest absolute Gasteiger partial charge is 0.444 e. The summed E-state index contributed by atoms with van der Waals surface area (Å²) in [6, 6.07) is 0.414. The van der Waals surface area contributed by atoms with Crippen LogP contribution >= 0.6 is 0 Å². The number of carbonyl (C=O) groups excluding carboxylic acids is 2. The first-order chi connectivity index (χ1) is 11.3. The summed E-state index contributed by atoms with van der Waals surface area (Å²) in [5.41, 5.74) is -0.499. The molecule has 1 rings (SSSR count). The summed E-state index contributed by atoms with van der Waals surface area (Å²) < 4.78 is 5.14. The molecule has 0 saturated heterocycles. The molecule has 138 valence electrons. The van der Waals surface area contributed by atoms with Gasteiger partial charge < -0.3 is 26.0 Å². The van der Waals surface area contributed by atoms with Gasteiger partial charge in [0.05, 0.1) is 0 Å². The second kappa shape index (κ2) is 10.00. The molecule has 0 spiro atoms. The lowest BCUT2D eigenvalue weighted by atomic mass is 10.2. The monoisotopic (exact) mass is 341 g/mol. The van der Waals surface area contributed by atoms with Crippen LogP contribution < -0.4 is 21.3 Å². The Morgan fingerprint density at radius 3 is 2.29 bits per heavy atom. The van der Waals surface area contributed by atoms with Crippen LogP contribution in [0.4, 0.5) is 4.79 Å². The number of rotatable bonds is 8. The average Bonchev–Trinajstić information content (AvgIpc) is 3.27. The van der Waals surface area contributed by atoms with E-state index in [2.05, 4.69) is 26.3 Å². The third-order valence-corrected chi connectivity index (χ3v) is 3.12. The lowest BCUT2D eigenvalue weighted by Crippen LogP contribution is -2.42. The number of nitrogens with one attached hydrogen (secondary N) is 4. The molecule has 0 bridgehead atoms. The van der Waals surface area contributed by atoms with E-state index in [0.717, 1.165) is 19.3 Å². The number of guanidine groups is 1. The number of hydrogen-bond donors (Lipinski definition) is 4. The summed E-state index contributed by atoms with van der Waals surface area (Å²) >= 11 is 0. The molecule has 0 aromatic heterocycles. The van der Waals surface area contributed by atoms with Gasteiger partial charge in [-0.2, -0.15) is 0 Å². The lowest BCUT2D eigenvalue weighted by Gasteiger charge is -2.19. The molecule has 24 heavy (non-hydrogen) atoms. The maximum Gasteiger partial charge on any atom is 0.407 e. The van der Waals surface area contributed by atoms with Crippen LogP contribution in [-0.2, 0) is 9.53 Å². The summed E-state index contributed by atoms with van der Waals surface area (Å²) in [6.07, 6.45) is 3.04. The Bertz CT molecular complexity index is 441. The minimum atomic E-state index is -0.499. The van der Waals surface area contributed by atoms with Gasteiger partial charge in [0, 0.05) is 39.1 Å². The lowest BCUT2D eigenvalue weighted by molar-refractivity contribution is -0.121. The maximum absolute atomic E-state index is 11.5. The molecule has 1 aliphatic carbocycles. The van der Waals surface area contributed by atoms with Gasteiger partial charge in [-0.05, 0) is 40.0 Å². The van der Waals surface area contributed by atoms with Crippen molar-refractivity contribution in [1.29, 1.82) is 0 Å². The molecule has 8 heteroatoms. The highest BCUT2D eigenvalue weighted by molar-refractivity contribution is 5.80. The van der Waals surface area contributed by atoms with Crippen LogP contribution in [0.3, 0.4) is 0 Å². The van der Waals surface area contributed by atoms with Crippen LogP contribution in [0.25, 0.3) is 0 Å². The van der Waals surface area contributed by atoms with E-state index in [9.17, 15) is 9.59 Å². The standard InChI is InChI=1S/C16H31N5O3/c1-16(2,3)24-15(23)20-11-10-19-14(17-4)18-9-5-6-13(22)21-12-7-8-12/h12H,5-11H2,1-4H3,(H,20,23)(H,21,22)(H2,17,18,19). The number of alkyl carbamates (subject to hydrolysis) is 1. The molecule has 1 fully saturated rings. The Morgan fingerprint density at radius 2 is 1.71 bits per heavy atom. The molecule has 1 saturated carbocycles. The minimum absolute atomic E-state index is 0.115. The van der Waals surface area contributed by atoms with E-state index in [0.29, 0.717) is 38.1 Å². The van der Waals surface area contributed by atoms with Crippen LogP contribution in [0.5, 0.6) is 0 Å². The fourth-order valence-electron chi connectivity index (χ4n) is 1.86. The first kappa shape index (κ1) is 20.1. The van der Waals surface area contributed by atoms with Crippen molar-refractivity contribution >= 4 is 18.0 Å². The highest BCUT2D eigenvalue weighted by Gasteiger charge is 2.22. The zero-order valence-corrected chi connectivity index (χ0v) is 15.2. The van der Waals surface area contributed by atoms with Gasteiger partial charge in [-0.15, -0.1) is 0 Å². The molecule has 1 aliphatic rings. The number of amides is 2. The van der Waals surface area contributed by atoms with Gasteiger partial charge in [-0.3, -0.25) is 9.79 Å². The van der Waals surface area contributed by atoms with Crippen LogP contribution in [-0.4, -0.2) is 56.3 Å². The minimum Gasteiger partial charge on any atom is -0.444 e. The molecule has 2 amide bonds. The predicted octanol–water partition coefficient (Wildman–Crippen LogP) is 0.735. The van der Waals surface area contributed by atoms with Gasteiger partial charge in [-0.1, -0.05) is 0 Å². The van der Waals surface area contributed by atoms with Gasteiger partial charge in [0.1, 0.15) is 5.60 Å². The summed E-state index contributed by atoms with van der Waals surface area (Å²) in [7, 11) is 1.68. The molecule has 0 heterocycles. The van der Waals surface area contributed by atoms with Gasteiger partial charge in [-0.25, -0.2) is 4.79 Å². The maximum atomic E-state index is 11.5. The quantitative estimate of drug-likeness (QED) is 0.296. The van der Waals surface area contributed by atoms with Crippen LogP contribution in [0, 0.1) is 0 Å². The summed E-state index contributed by atoms with van der Waals surface area (Å²) in [4.78, 5) is 27.1. The highest BCUT2D eigenvalue weighted by Crippen LogP contribution is 2.18. The van der Waals surface area contributed by atoms with Crippen LogP contribution in [0.15, 0.2) is 4.99 Å². The van der Waals surface area contributed by atoms with Crippen molar-refractivity contribution in [3.8, 4) is 0 Å². The van der Waals surface area contributed by atoms with Crippen molar-refractivity contribution in [2.24, 2.45) is 4.99 Å². The van der Waals surface area contributed by atoms with Crippen molar-refractivity contribution in [3.63, 3.8) is 0 Å². The van der Waals surface area contributed by atoms with E-state index >= 15 is 0 Å². The molecular weight excluding hydrogens is 310 g/mol. The normalized spacial score (nSPS) is 14.8. The molecular formula is C16H31N5O3. The third kappa shape index (κ3) is 10.7. The number of aliphatic imine (C=N–C) groups is 1. The fraction of sp³-hybridized carbons (Fsp3) is 0.812. The Morgan fingerprint density at radius 1 is 1.08 bits per heavy atom. The second-order valence-electron chi connectivity index (χ2n) is 6.80. The van der Waals surface area contributed by atoms with Crippen LogP contribution in [0.2, 0.25) is 0 Å². The van der Waals surface area contributed by atoms with Gasteiger partial charge in [0.2, 0.25) is 5.91 Å². The van der Waals surface area contributed by atoms with Crippen LogP contribution in [0.1, 0.15) is 46.5 Å². The molecule has 0 radical (unpaired) electrons. The van der Waals surface area contributed by atoms with E-state index in [1.807, 2.05) is 20.8 Å². The Hall–Kier alpha value is -1.99. The Kier molecular flexibility index (Phi) is 8.35. The molecule has 0 aromatic rings. The second-order valence-corrected chi connectivity index (χ2v) is 6.80. The zero-order valence-electron chi connectivity index (χ0n) is 15.2. The Labute approximate surface area is 144 Å². The predicted molar refractivity (Wildman–Crippen MR) is 94.0 cm³/mol. The van der Waals surface area contributed by atoms with Crippen molar-refractivity contribution in [3.05, 3.63) is 0 Å². The topological polar surface area (TPSA) is 104 Å². The molecule has 8 nitrogen and oxygen atoms in total. The van der Waals surface area contributed by atoms with E-state index in [1.54, 1.807) is 7.05 Å². The fourth-order valence-corrected chi connectivity index (χ4v) is 1.86. The summed E-state index contributed by atoms with van der Waals surface area (Å²) in [6.45, 7) is 7.09. The van der Waals surface area contributed by atoms with Gasteiger partial charge >= 0.3 is 6.09 Å². The zero-order chi connectivity index (χ0) is 18.0. The summed E-state index contributed by atoms with van der Waals surface area (Å²) in [5, 5.41) is 11.8. The number of carbonyl (C=O) groups is 2.